The van der Waals surface area contributed by atoms with Crippen molar-refractivity contribution in [1.82, 2.24) is 9.97 Å². The Morgan fingerprint density at radius 2 is 1.54 bits per heavy atom. The number of hydrogen-bond donors (Lipinski definition) is 2. The van der Waals surface area contributed by atoms with Gasteiger partial charge in [0.25, 0.3) is 0 Å². The molecule has 0 radical (unpaired) electrons. The molecule has 0 atom stereocenters. The molecule has 4 rings (SSSR count). The van der Waals surface area contributed by atoms with Gasteiger partial charge in [-0.15, -0.1) is 0 Å². The van der Waals surface area contributed by atoms with E-state index in [1.54, 1.807) is 12.4 Å². The molecular formula is C19H14N4O. The molecule has 0 saturated heterocycles. The van der Waals surface area contributed by atoms with Crippen LogP contribution in [0.15, 0.2) is 73.1 Å². The van der Waals surface area contributed by atoms with Crippen molar-refractivity contribution in [3.05, 3.63) is 73.1 Å². The number of pyridine rings is 2. The first-order chi connectivity index (χ1) is 11.8. The van der Waals surface area contributed by atoms with Gasteiger partial charge in [0, 0.05) is 28.9 Å². The van der Waals surface area contributed by atoms with Crippen molar-refractivity contribution < 1.29 is 4.79 Å². The number of nitrogens with zero attached hydrogens (tertiary/aromatic N) is 2. The first kappa shape index (κ1) is 14.1. The fraction of sp³-hybridized carbons (Fsp3) is 0. The monoisotopic (exact) mass is 314 g/mol. The van der Waals surface area contributed by atoms with E-state index in [2.05, 4.69) is 20.6 Å². The molecule has 2 aromatic carbocycles. The van der Waals surface area contributed by atoms with Crippen LogP contribution in [0.1, 0.15) is 0 Å². The van der Waals surface area contributed by atoms with Crippen LogP contribution in [-0.2, 0) is 0 Å². The summed E-state index contributed by atoms with van der Waals surface area (Å²) >= 11 is 0. The molecule has 2 amide bonds. The zero-order valence-electron chi connectivity index (χ0n) is 12.7. The molecule has 0 unspecified atom stereocenters. The lowest BCUT2D eigenvalue weighted by Gasteiger charge is -2.11. The number of nitrogens with one attached hydrogen (secondary N) is 2. The number of carbonyl (C=O) groups is 1. The van der Waals surface area contributed by atoms with Crippen molar-refractivity contribution in [2.45, 2.75) is 0 Å². The van der Waals surface area contributed by atoms with E-state index < -0.39 is 0 Å². The van der Waals surface area contributed by atoms with E-state index in [1.807, 2.05) is 60.7 Å². The molecule has 0 aliphatic carbocycles. The molecule has 4 aromatic rings. The van der Waals surface area contributed by atoms with Crippen LogP contribution in [-0.4, -0.2) is 16.0 Å². The highest BCUT2D eigenvalue weighted by Crippen LogP contribution is 2.29. The molecule has 0 aliphatic heterocycles. The van der Waals surface area contributed by atoms with Crippen LogP contribution < -0.4 is 10.6 Å². The Morgan fingerprint density at radius 3 is 2.38 bits per heavy atom. The van der Waals surface area contributed by atoms with E-state index in [9.17, 15) is 4.79 Å². The van der Waals surface area contributed by atoms with Gasteiger partial charge >= 0.3 is 6.03 Å². The Kier molecular flexibility index (Phi) is 3.51. The molecule has 5 nitrogen and oxygen atoms in total. The van der Waals surface area contributed by atoms with Gasteiger partial charge in [-0.05, 0) is 30.3 Å². The highest BCUT2D eigenvalue weighted by Gasteiger charge is 2.10. The van der Waals surface area contributed by atoms with Crippen LogP contribution in [0.25, 0.3) is 21.8 Å². The van der Waals surface area contributed by atoms with Gasteiger partial charge in [0.2, 0.25) is 0 Å². The number of anilines is 2. The summed E-state index contributed by atoms with van der Waals surface area (Å²) in [5.41, 5.74) is 2.91. The van der Waals surface area contributed by atoms with Crippen molar-refractivity contribution in [1.29, 1.82) is 0 Å². The maximum absolute atomic E-state index is 12.3. The number of urea groups is 1. The van der Waals surface area contributed by atoms with Gasteiger partial charge in [-0.1, -0.05) is 30.3 Å². The molecule has 24 heavy (non-hydrogen) atoms. The number of amides is 2. The van der Waals surface area contributed by atoms with Crippen molar-refractivity contribution in [2.75, 3.05) is 10.6 Å². The minimum absolute atomic E-state index is 0.316. The number of rotatable bonds is 2. The van der Waals surface area contributed by atoms with Crippen molar-refractivity contribution in [3.8, 4) is 0 Å². The smallest absolute Gasteiger partial charge is 0.308 e. The normalized spacial score (nSPS) is 10.7. The zero-order chi connectivity index (χ0) is 16.4. The molecular weight excluding hydrogens is 300 g/mol. The van der Waals surface area contributed by atoms with E-state index in [0.717, 1.165) is 27.5 Å². The number of fused-ring (bicyclic) bond motifs is 3. The largest absolute Gasteiger partial charge is 0.323 e. The quantitative estimate of drug-likeness (QED) is 0.538. The number of para-hydroxylation sites is 1. The van der Waals surface area contributed by atoms with Crippen molar-refractivity contribution >= 4 is 39.2 Å². The molecule has 2 heterocycles. The van der Waals surface area contributed by atoms with Gasteiger partial charge in [0.05, 0.1) is 16.7 Å². The number of aromatic nitrogens is 2. The van der Waals surface area contributed by atoms with E-state index in [0.29, 0.717) is 5.69 Å². The fourth-order valence-corrected chi connectivity index (χ4v) is 2.70. The third-order valence-corrected chi connectivity index (χ3v) is 3.75. The van der Waals surface area contributed by atoms with Gasteiger partial charge in [0.1, 0.15) is 0 Å². The Bertz CT molecular complexity index is 1030. The summed E-state index contributed by atoms with van der Waals surface area (Å²) in [6.45, 7) is 0. The highest BCUT2D eigenvalue weighted by atomic mass is 16.2. The standard InChI is InChI=1S/C19H14N4O/c24-19(22-13-6-2-1-3-7-13)23-17-12-16-14(8-4-10-20-16)15-9-5-11-21-18(15)17/h1-12H,(H2,22,23,24). The number of carbonyl (C=O) groups excluding carboxylic acids is 1. The van der Waals surface area contributed by atoms with Crippen LogP contribution >= 0.6 is 0 Å². The summed E-state index contributed by atoms with van der Waals surface area (Å²) in [5, 5.41) is 7.64. The summed E-state index contributed by atoms with van der Waals surface area (Å²) in [6, 6.07) is 18.6. The molecule has 2 N–H and O–H groups in total. The van der Waals surface area contributed by atoms with E-state index in [4.69, 9.17) is 0 Å². The van der Waals surface area contributed by atoms with Gasteiger partial charge < -0.3 is 10.6 Å². The van der Waals surface area contributed by atoms with Crippen LogP contribution in [0, 0.1) is 0 Å². The Balaban J connectivity index is 1.74. The van der Waals surface area contributed by atoms with Gasteiger partial charge in [-0.25, -0.2) is 4.79 Å². The first-order valence-corrected chi connectivity index (χ1v) is 7.57. The molecule has 0 bridgehead atoms. The number of benzene rings is 2. The predicted octanol–water partition coefficient (Wildman–Crippen LogP) is 4.43. The molecule has 0 saturated carbocycles. The Morgan fingerprint density at radius 1 is 0.792 bits per heavy atom. The Hall–Kier alpha value is -3.47. The summed E-state index contributed by atoms with van der Waals surface area (Å²) in [7, 11) is 0. The summed E-state index contributed by atoms with van der Waals surface area (Å²) in [4.78, 5) is 21.1. The second-order valence-electron chi connectivity index (χ2n) is 5.34. The van der Waals surface area contributed by atoms with Crippen LogP contribution in [0.5, 0.6) is 0 Å². The van der Waals surface area contributed by atoms with Gasteiger partial charge in [-0.2, -0.15) is 0 Å². The topological polar surface area (TPSA) is 66.9 Å². The van der Waals surface area contributed by atoms with Gasteiger partial charge in [0.15, 0.2) is 0 Å². The predicted molar refractivity (Wildman–Crippen MR) is 96.1 cm³/mol. The van der Waals surface area contributed by atoms with Gasteiger partial charge in [-0.3, -0.25) is 9.97 Å². The molecule has 0 aliphatic rings. The molecule has 2 aromatic heterocycles. The van der Waals surface area contributed by atoms with Crippen molar-refractivity contribution in [3.63, 3.8) is 0 Å². The second kappa shape index (κ2) is 5.96. The third kappa shape index (κ3) is 2.63. The first-order valence-electron chi connectivity index (χ1n) is 7.57. The number of hydrogen-bond acceptors (Lipinski definition) is 3. The van der Waals surface area contributed by atoms with Crippen LogP contribution in [0.2, 0.25) is 0 Å². The maximum atomic E-state index is 12.3. The molecule has 0 fully saturated rings. The summed E-state index contributed by atoms with van der Waals surface area (Å²) < 4.78 is 0. The SMILES string of the molecule is O=C(Nc1ccccc1)Nc1cc2ncccc2c2cccnc12. The Labute approximate surface area is 138 Å². The second-order valence-corrected chi connectivity index (χ2v) is 5.34. The zero-order valence-corrected chi connectivity index (χ0v) is 12.7. The lowest BCUT2D eigenvalue weighted by molar-refractivity contribution is 0.262. The maximum Gasteiger partial charge on any atom is 0.323 e. The lowest BCUT2D eigenvalue weighted by atomic mass is 10.1. The highest BCUT2D eigenvalue weighted by molar-refractivity contribution is 6.13. The molecule has 116 valence electrons. The van der Waals surface area contributed by atoms with Crippen LogP contribution in [0.4, 0.5) is 16.2 Å². The average Bonchev–Trinajstić information content (AvgIpc) is 2.63. The minimum Gasteiger partial charge on any atom is -0.308 e. The van der Waals surface area contributed by atoms with E-state index in [1.165, 1.54) is 0 Å². The van der Waals surface area contributed by atoms with E-state index >= 15 is 0 Å². The average molecular weight is 314 g/mol. The fourth-order valence-electron chi connectivity index (χ4n) is 2.70. The summed E-state index contributed by atoms with van der Waals surface area (Å²) in [6.07, 6.45) is 3.45. The lowest BCUT2D eigenvalue weighted by Crippen LogP contribution is -2.19. The van der Waals surface area contributed by atoms with Crippen LogP contribution in [0.3, 0.4) is 0 Å². The minimum atomic E-state index is -0.316. The molecule has 5 heteroatoms. The third-order valence-electron chi connectivity index (χ3n) is 3.75. The van der Waals surface area contributed by atoms with Crippen molar-refractivity contribution in [2.24, 2.45) is 0 Å². The molecule has 0 spiro atoms. The van der Waals surface area contributed by atoms with E-state index in [-0.39, 0.29) is 6.03 Å². The summed E-state index contributed by atoms with van der Waals surface area (Å²) in [5.74, 6) is 0.